The topological polar surface area (TPSA) is 53.7 Å². The van der Waals surface area contributed by atoms with Crippen LogP contribution in [-0.2, 0) is 0 Å². The van der Waals surface area contributed by atoms with Crippen molar-refractivity contribution in [3.8, 4) is 0 Å². The lowest BCUT2D eigenvalue weighted by Gasteiger charge is -2.12. The van der Waals surface area contributed by atoms with Gasteiger partial charge in [0.1, 0.15) is 0 Å². The van der Waals surface area contributed by atoms with E-state index in [1.165, 1.54) is 6.26 Å². The van der Waals surface area contributed by atoms with Crippen LogP contribution in [0.25, 0.3) is 0 Å². The minimum Gasteiger partial charge on any atom is -0.459 e. The van der Waals surface area contributed by atoms with E-state index in [-0.39, 0.29) is 12.0 Å². The van der Waals surface area contributed by atoms with Crippen LogP contribution in [0.4, 0.5) is 0 Å². The normalized spacial score (nSPS) is 22.2. The molecule has 70 valence electrons. The number of aliphatic hydroxyl groups is 1. The molecule has 1 aliphatic rings. The number of β-amino-alcohol motifs (C(OH)–C–C–N with tert-alkyl or cyclic N) is 1. The van der Waals surface area contributed by atoms with Gasteiger partial charge in [0.25, 0.3) is 5.91 Å². The molecule has 4 nitrogen and oxygen atoms in total. The summed E-state index contributed by atoms with van der Waals surface area (Å²) < 4.78 is 4.97. The summed E-state index contributed by atoms with van der Waals surface area (Å²) in [7, 11) is 0. The van der Waals surface area contributed by atoms with Gasteiger partial charge in [-0.25, -0.2) is 0 Å². The summed E-state index contributed by atoms with van der Waals surface area (Å²) in [6.07, 6.45) is 1.76. The van der Waals surface area contributed by atoms with Gasteiger partial charge in [-0.05, 0) is 18.6 Å². The summed E-state index contributed by atoms with van der Waals surface area (Å²) in [6, 6.07) is 3.31. The molecule has 1 aliphatic heterocycles. The van der Waals surface area contributed by atoms with E-state index >= 15 is 0 Å². The molecule has 4 heteroatoms. The maximum atomic E-state index is 11.6. The highest BCUT2D eigenvalue weighted by Crippen LogP contribution is 2.13. The van der Waals surface area contributed by atoms with E-state index in [0.29, 0.717) is 25.3 Å². The van der Waals surface area contributed by atoms with Crippen LogP contribution >= 0.6 is 0 Å². The monoisotopic (exact) mass is 181 g/mol. The number of likely N-dealkylation sites (tertiary alicyclic amines) is 1. The van der Waals surface area contributed by atoms with Gasteiger partial charge in [-0.3, -0.25) is 4.79 Å². The highest BCUT2D eigenvalue weighted by Gasteiger charge is 2.26. The largest absolute Gasteiger partial charge is 0.459 e. The number of carbonyl (C=O) groups excluding carboxylic acids is 1. The molecule has 0 aromatic carbocycles. The zero-order valence-electron chi connectivity index (χ0n) is 7.14. The molecular weight excluding hydrogens is 170 g/mol. The fraction of sp³-hybridized carbons (Fsp3) is 0.444. The molecule has 1 amide bonds. The average molecular weight is 181 g/mol. The van der Waals surface area contributed by atoms with Crippen LogP contribution in [0, 0.1) is 0 Å². The molecule has 0 aliphatic carbocycles. The smallest absolute Gasteiger partial charge is 0.289 e. The van der Waals surface area contributed by atoms with Crippen LogP contribution in [0.1, 0.15) is 17.0 Å². The Bertz CT molecular complexity index is 294. The van der Waals surface area contributed by atoms with Gasteiger partial charge in [0.05, 0.1) is 12.4 Å². The van der Waals surface area contributed by atoms with Crippen LogP contribution in [-0.4, -0.2) is 35.1 Å². The van der Waals surface area contributed by atoms with Crippen molar-refractivity contribution < 1.29 is 14.3 Å². The van der Waals surface area contributed by atoms with Crippen molar-refractivity contribution >= 4 is 5.91 Å². The summed E-state index contributed by atoms with van der Waals surface area (Å²) in [6.45, 7) is 1.03. The predicted molar refractivity (Wildman–Crippen MR) is 45.2 cm³/mol. The lowest BCUT2D eigenvalue weighted by atomic mass is 10.3. The first-order valence-corrected chi connectivity index (χ1v) is 4.28. The van der Waals surface area contributed by atoms with Crippen molar-refractivity contribution in [1.82, 2.24) is 4.90 Å². The van der Waals surface area contributed by atoms with E-state index in [2.05, 4.69) is 0 Å². The number of carbonyl (C=O) groups is 1. The summed E-state index contributed by atoms with van der Waals surface area (Å²) >= 11 is 0. The molecule has 1 aromatic rings. The van der Waals surface area contributed by atoms with Crippen LogP contribution in [0.15, 0.2) is 22.8 Å². The highest BCUT2D eigenvalue weighted by atomic mass is 16.3. The maximum Gasteiger partial charge on any atom is 0.289 e. The number of rotatable bonds is 1. The molecule has 1 fully saturated rings. The minimum atomic E-state index is -0.376. The predicted octanol–water partition coefficient (Wildman–Crippen LogP) is 0.486. The fourth-order valence-electron chi connectivity index (χ4n) is 1.48. The third kappa shape index (κ3) is 1.58. The van der Waals surface area contributed by atoms with Gasteiger partial charge in [-0.2, -0.15) is 0 Å². The summed E-state index contributed by atoms with van der Waals surface area (Å²) in [5.41, 5.74) is 0. The second kappa shape index (κ2) is 3.22. The highest BCUT2D eigenvalue weighted by molar-refractivity contribution is 5.91. The standard InChI is InChI=1S/C9H11NO3/c11-7-3-4-10(6-7)9(12)8-2-1-5-13-8/h1-2,5,7,11H,3-4,6H2/t7-/m1/s1. The fourth-order valence-corrected chi connectivity index (χ4v) is 1.48. The molecular formula is C9H11NO3. The number of aliphatic hydroxyl groups excluding tert-OH is 1. The Morgan fingerprint density at radius 1 is 1.69 bits per heavy atom. The average Bonchev–Trinajstić information content (AvgIpc) is 2.72. The van der Waals surface area contributed by atoms with E-state index in [4.69, 9.17) is 4.42 Å². The van der Waals surface area contributed by atoms with Crippen molar-refractivity contribution in [2.75, 3.05) is 13.1 Å². The minimum absolute atomic E-state index is 0.137. The molecule has 1 aromatic heterocycles. The van der Waals surface area contributed by atoms with E-state index in [9.17, 15) is 9.90 Å². The maximum absolute atomic E-state index is 11.6. The van der Waals surface area contributed by atoms with Crippen molar-refractivity contribution in [3.63, 3.8) is 0 Å². The number of hydrogen-bond donors (Lipinski definition) is 1. The number of furan rings is 1. The lowest BCUT2D eigenvalue weighted by molar-refractivity contribution is 0.0734. The van der Waals surface area contributed by atoms with E-state index in [1.54, 1.807) is 17.0 Å². The molecule has 0 bridgehead atoms. The molecule has 1 N–H and O–H groups in total. The molecule has 2 rings (SSSR count). The third-order valence-corrected chi connectivity index (χ3v) is 2.18. The Hall–Kier alpha value is -1.29. The zero-order valence-corrected chi connectivity index (χ0v) is 7.14. The Morgan fingerprint density at radius 2 is 2.54 bits per heavy atom. The molecule has 1 saturated heterocycles. The van der Waals surface area contributed by atoms with Gasteiger partial charge in [0, 0.05) is 13.1 Å². The van der Waals surface area contributed by atoms with Crippen LogP contribution in [0.2, 0.25) is 0 Å². The van der Waals surface area contributed by atoms with Crippen molar-refractivity contribution in [2.24, 2.45) is 0 Å². The molecule has 1 atom stereocenters. The summed E-state index contributed by atoms with van der Waals surface area (Å²) in [5, 5.41) is 9.22. The van der Waals surface area contributed by atoms with Gasteiger partial charge in [-0.1, -0.05) is 0 Å². The quantitative estimate of drug-likeness (QED) is 0.685. The van der Waals surface area contributed by atoms with Gasteiger partial charge in [0.15, 0.2) is 5.76 Å². The van der Waals surface area contributed by atoms with Gasteiger partial charge < -0.3 is 14.4 Å². The summed E-state index contributed by atoms with van der Waals surface area (Å²) in [4.78, 5) is 13.2. The van der Waals surface area contributed by atoms with Crippen molar-refractivity contribution in [1.29, 1.82) is 0 Å². The molecule has 13 heavy (non-hydrogen) atoms. The van der Waals surface area contributed by atoms with Crippen LogP contribution in [0.3, 0.4) is 0 Å². The van der Waals surface area contributed by atoms with E-state index in [1.807, 2.05) is 0 Å². The Balaban J connectivity index is 2.06. The number of amides is 1. The van der Waals surface area contributed by atoms with Crippen molar-refractivity contribution in [2.45, 2.75) is 12.5 Å². The Labute approximate surface area is 75.8 Å². The zero-order chi connectivity index (χ0) is 9.26. The Kier molecular flexibility index (Phi) is 2.06. The first-order valence-electron chi connectivity index (χ1n) is 4.28. The van der Waals surface area contributed by atoms with Gasteiger partial charge >= 0.3 is 0 Å². The Morgan fingerprint density at radius 3 is 3.08 bits per heavy atom. The molecule has 0 radical (unpaired) electrons. The van der Waals surface area contributed by atoms with Gasteiger partial charge in [-0.15, -0.1) is 0 Å². The number of nitrogens with zero attached hydrogens (tertiary/aromatic N) is 1. The first kappa shape index (κ1) is 8.31. The summed E-state index contributed by atoms with van der Waals surface area (Å²) in [5.74, 6) is 0.204. The molecule has 0 unspecified atom stereocenters. The first-order chi connectivity index (χ1) is 6.27. The second-order valence-corrected chi connectivity index (χ2v) is 3.17. The third-order valence-electron chi connectivity index (χ3n) is 2.18. The lowest BCUT2D eigenvalue weighted by Crippen LogP contribution is -2.29. The number of hydrogen-bond acceptors (Lipinski definition) is 3. The van der Waals surface area contributed by atoms with Crippen LogP contribution in [0.5, 0.6) is 0 Å². The SMILES string of the molecule is O=C(c1ccco1)N1CC[C@@H](O)C1. The molecule has 2 heterocycles. The van der Waals surface area contributed by atoms with E-state index < -0.39 is 0 Å². The second-order valence-electron chi connectivity index (χ2n) is 3.17. The van der Waals surface area contributed by atoms with Crippen molar-refractivity contribution in [3.05, 3.63) is 24.2 Å². The van der Waals surface area contributed by atoms with Gasteiger partial charge in [0.2, 0.25) is 0 Å². The molecule has 0 spiro atoms. The van der Waals surface area contributed by atoms with E-state index in [0.717, 1.165) is 0 Å². The van der Waals surface area contributed by atoms with Crippen LogP contribution < -0.4 is 0 Å². The molecule has 0 saturated carbocycles.